The molecule has 0 aliphatic rings. The van der Waals surface area contributed by atoms with E-state index in [9.17, 15) is 9.59 Å². The van der Waals surface area contributed by atoms with E-state index in [1.807, 2.05) is 30.3 Å². The summed E-state index contributed by atoms with van der Waals surface area (Å²) in [5, 5.41) is 1.72. The lowest BCUT2D eigenvalue weighted by atomic mass is 10.0. The predicted octanol–water partition coefficient (Wildman–Crippen LogP) is 3.17. The maximum atomic E-state index is 12.7. The molecular formula is C17H9NO4. The quantitative estimate of drug-likeness (QED) is 0.530. The smallest absolute Gasteiger partial charge is 0.391 e. The molecule has 0 fully saturated rings. The second-order valence-corrected chi connectivity index (χ2v) is 4.83. The van der Waals surface area contributed by atoms with Crippen LogP contribution < -0.4 is 5.82 Å². The topological polar surface area (TPSA) is 73.3 Å². The van der Waals surface area contributed by atoms with E-state index in [4.69, 9.17) is 8.83 Å². The van der Waals surface area contributed by atoms with Gasteiger partial charge >= 0.3 is 5.82 Å². The highest BCUT2D eigenvalue weighted by atomic mass is 16.6. The van der Waals surface area contributed by atoms with Crippen molar-refractivity contribution in [3.63, 3.8) is 0 Å². The summed E-state index contributed by atoms with van der Waals surface area (Å²) in [6, 6.07) is 14.0. The summed E-state index contributed by atoms with van der Waals surface area (Å²) in [5.74, 6) is -1.02. The van der Waals surface area contributed by atoms with Crippen molar-refractivity contribution in [3.05, 3.63) is 76.6 Å². The molecule has 0 bridgehead atoms. The van der Waals surface area contributed by atoms with Crippen LogP contribution in [0.15, 0.2) is 68.4 Å². The number of carbonyl (C=O) groups is 1. The molecule has 2 heterocycles. The van der Waals surface area contributed by atoms with Crippen LogP contribution in [0.4, 0.5) is 0 Å². The van der Waals surface area contributed by atoms with Gasteiger partial charge in [0.1, 0.15) is 5.69 Å². The van der Waals surface area contributed by atoms with Crippen LogP contribution >= 0.6 is 0 Å². The van der Waals surface area contributed by atoms with Crippen LogP contribution in [0, 0.1) is 0 Å². The maximum absolute atomic E-state index is 12.7. The molecule has 0 saturated carbocycles. The van der Waals surface area contributed by atoms with E-state index >= 15 is 0 Å². The third-order valence-corrected chi connectivity index (χ3v) is 3.48. The van der Waals surface area contributed by atoms with Crippen LogP contribution in [0.25, 0.3) is 21.9 Å². The first kappa shape index (κ1) is 12.5. The van der Waals surface area contributed by atoms with E-state index < -0.39 is 5.82 Å². The molecule has 4 aromatic rings. The molecule has 0 aliphatic heterocycles. The lowest BCUT2D eigenvalue weighted by molar-refractivity contribution is 0.103. The third-order valence-electron chi connectivity index (χ3n) is 3.48. The molecule has 4 rings (SSSR count). The van der Waals surface area contributed by atoms with E-state index in [0.717, 1.165) is 10.8 Å². The minimum Gasteiger partial charge on any atom is -0.391 e. The highest BCUT2D eigenvalue weighted by Gasteiger charge is 2.16. The number of nitrogens with zero attached hydrogens (tertiary/aromatic N) is 1. The zero-order valence-electron chi connectivity index (χ0n) is 11.3. The van der Waals surface area contributed by atoms with Crippen molar-refractivity contribution in [1.29, 1.82) is 0 Å². The second kappa shape index (κ2) is 4.66. The molecule has 106 valence electrons. The van der Waals surface area contributed by atoms with Crippen LogP contribution in [0.2, 0.25) is 0 Å². The Morgan fingerprint density at radius 1 is 0.955 bits per heavy atom. The number of fused-ring (bicyclic) bond motifs is 2. The molecule has 0 aliphatic carbocycles. The Kier molecular flexibility index (Phi) is 2.66. The van der Waals surface area contributed by atoms with Gasteiger partial charge in [0.25, 0.3) is 0 Å². The summed E-state index contributed by atoms with van der Waals surface area (Å²) in [4.78, 5) is 28.0. The number of ketones is 1. The van der Waals surface area contributed by atoms with Crippen LogP contribution in [0.1, 0.15) is 16.1 Å². The van der Waals surface area contributed by atoms with Crippen molar-refractivity contribution in [1.82, 2.24) is 4.98 Å². The monoisotopic (exact) mass is 291 g/mol. The van der Waals surface area contributed by atoms with Crippen LogP contribution in [-0.2, 0) is 0 Å². The van der Waals surface area contributed by atoms with Crippen molar-refractivity contribution in [2.24, 2.45) is 0 Å². The lowest BCUT2D eigenvalue weighted by Crippen LogP contribution is -2.04. The molecule has 0 N–H and O–H groups in total. The normalized spacial score (nSPS) is 11.1. The Morgan fingerprint density at radius 3 is 2.68 bits per heavy atom. The standard InChI is InChI=1S/C17H9NO4/c19-16(11-5-6-13-14(9-11)22-17(20)21-13)15-12-4-2-1-3-10(12)7-8-18-15/h1-9H. The summed E-state index contributed by atoms with van der Waals surface area (Å²) in [7, 11) is 0. The molecule has 0 saturated heterocycles. The van der Waals surface area contributed by atoms with Gasteiger partial charge in [0.2, 0.25) is 5.78 Å². The minimum absolute atomic E-state index is 0.234. The molecule has 0 atom stereocenters. The molecule has 0 amide bonds. The molecule has 22 heavy (non-hydrogen) atoms. The predicted molar refractivity (Wildman–Crippen MR) is 79.9 cm³/mol. The molecule has 0 unspecified atom stereocenters. The molecule has 2 aromatic carbocycles. The zero-order chi connectivity index (χ0) is 15.1. The molecular weight excluding hydrogens is 282 g/mol. The van der Waals surface area contributed by atoms with Crippen molar-refractivity contribution in [2.75, 3.05) is 0 Å². The Bertz CT molecular complexity index is 1070. The summed E-state index contributed by atoms with van der Waals surface area (Å²) >= 11 is 0. The number of pyridine rings is 1. The number of hydrogen-bond donors (Lipinski definition) is 0. The van der Waals surface area contributed by atoms with Gasteiger partial charge in [-0.2, -0.15) is 0 Å². The summed E-state index contributed by atoms with van der Waals surface area (Å²) in [5.41, 5.74) is 1.31. The first-order valence-electron chi connectivity index (χ1n) is 6.64. The van der Waals surface area contributed by atoms with Gasteiger partial charge in [0.05, 0.1) is 0 Å². The molecule has 2 aromatic heterocycles. The van der Waals surface area contributed by atoms with Gasteiger partial charge < -0.3 is 8.83 Å². The van der Waals surface area contributed by atoms with Crippen LogP contribution in [0.5, 0.6) is 0 Å². The van der Waals surface area contributed by atoms with Crippen LogP contribution in [-0.4, -0.2) is 10.8 Å². The molecule has 0 radical (unpaired) electrons. The Labute approximate surface area is 123 Å². The summed E-state index contributed by atoms with van der Waals surface area (Å²) in [6.07, 6.45) is 1.60. The fourth-order valence-electron chi connectivity index (χ4n) is 2.45. The average Bonchev–Trinajstić information content (AvgIpc) is 2.92. The van der Waals surface area contributed by atoms with Gasteiger partial charge in [-0.25, -0.2) is 4.79 Å². The van der Waals surface area contributed by atoms with Gasteiger partial charge in [0, 0.05) is 17.1 Å². The number of rotatable bonds is 2. The fraction of sp³-hybridized carbons (Fsp3) is 0. The summed E-state index contributed by atoms with van der Waals surface area (Å²) in [6.45, 7) is 0. The average molecular weight is 291 g/mol. The van der Waals surface area contributed by atoms with E-state index in [-0.39, 0.29) is 11.4 Å². The first-order chi connectivity index (χ1) is 10.7. The molecule has 0 spiro atoms. The Hall–Kier alpha value is -3.21. The second-order valence-electron chi connectivity index (χ2n) is 4.83. The van der Waals surface area contributed by atoms with Gasteiger partial charge in [0.15, 0.2) is 11.2 Å². The SMILES string of the molecule is O=C(c1ccc2oc(=O)oc2c1)c1nccc2ccccc12. The highest BCUT2D eigenvalue weighted by Crippen LogP contribution is 2.21. The first-order valence-corrected chi connectivity index (χ1v) is 6.64. The number of aromatic nitrogens is 1. The van der Waals surface area contributed by atoms with Gasteiger partial charge in [-0.05, 0) is 29.7 Å². The van der Waals surface area contributed by atoms with E-state index in [0.29, 0.717) is 16.8 Å². The minimum atomic E-state index is -0.789. The Morgan fingerprint density at radius 2 is 1.77 bits per heavy atom. The maximum Gasteiger partial charge on any atom is 0.519 e. The van der Waals surface area contributed by atoms with E-state index in [1.165, 1.54) is 6.07 Å². The third kappa shape index (κ3) is 1.91. The lowest BCUT2D eigenvalue weighted by Gasteiger charge is -2.04. The van der Waals surface area contributed by atoms with Crippen molar-refractivity contribution >= 4 is 27.7 Å². The Balaban J connectivity index is 1.89. The number of carbonyl (C=O) groups excluding carboxylic acids is 1. The zero-order valence-corrected chi connectivity index (χ0v) is 11.3. The van der Waals surface area contributed by atoms with Crippen molar-refractivity contribution in [3.8, 4) is 0 Å². The van der Waals surface area contributed by atoms with Gasteiger partial charge in [-0.1, -0.05) is 24.3 Å². The number of benzene rings is 2. The van der Waals surface area contributed by atoms with E-state index in [1.54, 1.807) is 18.3 Å². The fourth-order valence-corrected chi connectivity index (χ4v) is 2.45. The van der Waals surface area contributed by atoms with E-state index in [2.05, 4.69) is 4.98 Å². The highest BCUT2D eigenvalue weighted by molar-refractivity contribution is 6.15. The number of hydrogen-bond acceptors (Lipinski definition) is 5. The van der Waals surface area contributed by atoms with Crippen molar-refractivity contribution in [2.45, 2.75) is 0 Å². The summed E-state index contributed by atoms with van der Waals surface area (Å²) < 4.78 is 9.72. The van der Waals surface area contributed by atoms with Crippen LogP contribution in [0.3, 0.4) is 0 Å². The molecule has 5 nitrogen and oxygen atoms in total. The molecule has 5 heteroatoms. The van der Waals surface area contributed by atoms with Crippen molar-refractivity contribution < 1.29 is 13.6 Å². The van der Waals surface area contributed by atoms with Gasteiger partial charge in [-0.3, -0.25) is 9.78 Å². The van der Waals surface area contributed by atoms with Gasteiger partial charge in [-0.15, -0.1) is 0 Å². The largest absolute Gasteiger partial charge is 0.519 e.